The summed E-state index contributed by atoms with van der Waals surface area (Å²) in [5.74, 6) is 0.107. The monoisotopic (exact) mass is 244 g/mol. The van der Waals surface area contributed by atoms with E-state index < -0.39 is 0 Å². The van der Waals surface area contributed by atoms with Crippen molar-refractivity contribution in [1.29, 1.82) is 0 Å². The molecule has 3 heteroatoms. The van der Waals surface area contributed by atoms with Crippen molar-refractivity contribution >= 4 is 23.2 Å². The van der Waals surface area contributed by atoms with Gasteiger partial charge in [0, 0.05) is 15.3 Å². The van der Waals surface area contributed by atoms with E-state index in [1.807, 2.05) is 25.1 Å². The molecule has 0 atom stereocenters. The lowest BCUT2D eigenvalue weighted by Crippen LogP contribution is -1.92. The molecule has 0 aliphatic rings. The molecule has 86 valence electrons. The van der Waals surface area contributed by atoms with E-state index in [0.717, 1.165) is 4.88 Å². The number of carbonyl (C=O) groups excluding carboxylic acids is 1. The van der Waals surface area contributed by atoms with E-state index in [9.17, 15) is 4.79 Å². The van der Waals surface area contributed by atoms with Crippen molar-refractivity contribution in [3.05, 3.63) is 57.8 Å². The van der Waals surface area contributed by atoms with Crippen molar-refractivity contribution < 1.29 is 9.90 Å². The summed E-state index contributed by atoms with van der Waals surface area (Å²) in [7, 11) is 0. The smallest absolute Gasteiger partial charge is 0.185 e. The van der Waals surface area contributed by atoms with E-state index in [4.69, 9.17) is 5.11 Å². The van der Waals surface area contributed by atoms with Crippen molar-refractivity contribution in [2.75, 3.05) is 0 Å². The number of aromatic hydroxyl groups is 1. The molecule has 0 bridgehead atoms. The Morgan fingerprint density at radius 2 is 1.88 bits per heavy atom. The Bertz CT molecular complexity index is 550. The molecule has 1 aromatic carbocycles. The summed E-state index contributed by atoms with van der Waals surface area (Å²) >= 11 is 1.65. The maximum absolute atomic E-state index is 11.8. The zero-order valence-electron chi connectivity index (χ0n) is 9.38. The SMILES string of the molecule is Cc1ccc(/C=C/C(=O)c2ccc(O)cc2)s1. The number of benzene rings is 1. The number of thiophene rings is 1. The van der Waals surface area contributed by atoms with Crippen LogP contribution in [0.1, 0.15) is 20.1 Å². The zero-order valence-corrected chi connectivity index (χ0v) is 10.2. The van der Waals surface area contributed by atoms with Crippen molar-refractivity contribution in [3.63, 3.8) is 0 Å². The predicted octanol–water partition coefficient (Wildman–Crippen LogP) is 3.66. The number of hydrogen-bond acceptors (Lipinski definition) is 3. The molecule has 2 rings (SSSR count). The van der Waals surface area contributed by atoms with Gasteiger partial charge >= 0.3 is 0 Å². The molecular formula is C14H12O2S. The number of phenols is 1. The van der Waals surface area contributed by atoms with Crippen molar-refractivity contribution in [1.82, 2.24) is 0 Å². The fourth-order valence-corrected chi connectivity index (χ4v) is 2.20. The van der Waals surface area contributed by atoms with Gasteiger partial charge in [-0.05, 0) is 55.5 Å². The highest BCUT2D eigenvalue weighted by molar-refractivity contribution is 7.12. The van der Waals surface area contributed by atoms with Crippen LogP contribution in [0.3, 0.4) is 0 Å². The molecule has 0 saturated heterocycles. The molecule has 0 fully saturated rings. The Balaban J connectivity index is 2.11. The van der Waals surface area contributed by atoms with E-state index in [2.05, 4.69) is 0 Å². The minimum atomic E-state index is -0.0592. The van der Waals surface area contributed by atoms with Gasteiger partial charge in [0.1, 0.15) is 5.75 Å². The average molecular weight is 244 g/mol. The maximum Gasteiger partial charge on any atom is 0.185 e. The number of carbonyl (C=O) groups is 1. The highest BCUT2D eigenvalue weighted by atomic mass is 32.1. The number of ketones is 1. The molecule has 0 aliphatic heterocycles. The van der Waals surface area contributed by atoms with E-state index in [1.54, 1.807) is 29.5 Å². The van der Waals surface area contributed by atoms with Crippen LogP contribution in [0.25, 0.3) is 6.08 Å². The second-order valence-corrected chi connectivity index (χ2v) is 5.01. The third kappa shape index (κ3) is 3.04. The molecule has 1 aromatic heterocycles. The van der Waals surface area contributed by atoms with Gasteiger partial charge in [-0.3, -0.25) is 4.79 Å². The van der Waals surface area contributed by atoms with Gasteiger partial charge in [-0.15, -0.1) is 11.3 Å². The summed E-state index contributed by atoms with van der Waals surface area (Å²) in [5, 5.41) is 9.12. The lowest BCUT2D eigenvalue weighted by atomic mass is 10.1. The molecule has 2 nitrogen and oxygen atoms in total. The van der Waals surface area contributed by atoms with Gasteiger partial charge in [-0.2, -0.15) is 0 Å². The number of aryl methyl sites for hydroxylation is 1. The van der Waals surface area contributed by atoms with Crippen molar-refractivity contribution in [2.45, 2.75) is 6.92 Å². The van der Waals surface area contributed by atoms with Crippen LogP contribution in [-0.4, -0.2) is 10.9 Å². The Morgan fingerprint density at radius 1 is 1.18 bits per heavy atom. The van der Waals surface area contributed by atoms with Gasteiger partial charge in [-0.25, -0.2) is 0 Å². The molecule has 1 N–H and O–H groups in total. The van der Waals surface area contributed by atoms with Gasteiger partial charge in [0.05, 0.1) is 0 Å². The van der Waals surface area contributed by atoms with Crippen LogP contribution in [0.4, 0.5) is 0 Å². The Kier molecular flexibility index (Phi) is 3.40. The Morgan fingerprint density at radius 3 is 2.47 bits per heavy atom. The summed E-state index contributed by atoms with van der Waals surface area (Å²) < 4.78 is 0. The van der Waals surface area contributed by atoms with Crippen LogP contribution < -0.4 is 0 Å². The normalized spacial score (nSPS) is 10.9. The third-order valence-corrected chi connectivity index (χ3v) is 3.28. The van der Waals surface area contributed by atoms with E-state index in [0.29, 0.717) is 5.56 Å². The summed E-state index contributed by atoms with van der Waals surface area (Å²) in [4.78, 5) is 14.1. The molecular weight excluding hydrogens is 232 g/mol. The topological polar surface area (TPSA) is 37.3 Å². The molecule has 0 radical (unpaired) electrons. The lowest BCUT2D eigenvalue weighted by molar-refractivity contribution is 0.104. The molecule has 0 aliphatic carbocycles. The van der Waals surface area contributed by atoms with Gasteiger partial charge < -0.3 is 5.11 Å². The van der Waals surface area contributed by atoms with E-state index >= 15 is 0 Å². The third-order valence-electron chi connectivity index (χ3n) is 2.31. The fraction of sp³-hybridized carbons (Fsp3) is 0.0714. The van der Waals surface area contributed by atoms with Crippen LogP contribution in [-0.2, 0) is 0 Å². The molecule has 0 spiro atoms. The van der Waals surface area contributed by atoms with Gasteiger partial charge in [0.2, 0.25) is 0 Å². The second kappa shape index (κ2) is 4.97. The number of hydrogen-bond donors (Lipinski definition) is 1. The number of rotatable bonds is 3. The van der Waals surface area contributed by atoms with Gasteiger partial charge in [0.15, 0.2) is 5.78 Å². The highest BCUT2D eigenvalue weighted by Crippen LogP contribution is 2.17. The predicted molar refractivity (Wildman–Crippen MR) is 70.5 cm³/mol. The quantitative estimate of drug-likeness (QED) is 0.661. The second-order valence-electron chi connectivity index (χ2n) is 3.69. The summed E-state index contributed by atoms with van der Waals surface area (Å²) in [5.41, 5.74) is 0.576. The molecule has 0 amide bonds. The first-order valence-electron chi connectivity index (χ1n) is 5.23. The highest BCUT2D eigenvalue weighted by Gasteiger charge is 2.01. The molecule has 17 heavy (non-hydrogen) atoms. The summed E-state index contributed by atoms with van der Waals surface area (Å²) in [6.45, 7) is 2.03. The first-order chi connectivity index (χ1) is 8.15. The first-order valence-corrected chi connectivity index (χ1v) is 6.05. The first kappa shape index (κ1) is 11.6. The lowest BCUT2D eigenvalue weighted by Gasteiger charge is -1.95. The average Bonchev–Trinajstić information content (AvgIpc) is 2.73. The molecule has 0 saturated carbocycles. The van der Waals surface area contributed by atoms with Gasteiger partial charge in [0.25, 0.3) is 0 Å². The zero-order chi connectivity index (χ0) is 12.3. The molecule has 1 heterocycles. The molecule has 0 unspecified atom stereocenters. The van der Waals surface area contributed by atoms with Crippen LogP contribution >= 0.6 is 11.3 Å². The van der Waals surface area contributed by atoms with Crippen LogP contribution in [0, 0.1) is 6.92 Å². The standard InChI is InChI=1S/C14H12O2S/c1-10-2-7-13(17-10)8-9-14(16)11-3-5-12(15)6-4-11/h2-9,15H,1H3/b9-8+. The fourth-order valence-electron chi connectivity index (χ4n) is 1.42. The van der Waals surface area contributed by atoms with E-state index in [1.165, 1.54) is 17.0 Å². The minimum absolute atomic E-state index is 0.0592. The van der Waals surface area contributed by atoms with Crippen LogP contribution in [0.5, 0.6) is 5.75 Å². The van der Waals surface area contributed by atoms with Crippen LogP contribution in [0.15, 0.2) is 42.5 Å². The van der Waals surface area contributed by atoms with E-state index in [-0.39, 0.29) is 11.5 Å². The molecule has 2 aromatic rings. The maximum atomic E-state index is 11.8. The Labute approximate surface area is 104 Å². The van der Waals surface area contributed by atoms with Crippen molar-refractivity contribution in [2.24, 2.45) is 0 Å². The minimum Gasteiger partial charge on any atom is -0.508 e. The summed E-state index contributed by atoms with van der Waals surface area (Å²) in [6.07, 6.45) is 3.37. The number of allylic oxidation sites excluding steroid dienone is 1. The largest absolute Gasteiger partial charge is 0.508 e. The van der Waals surface area contributed by atoms with Crippen molar-refractivity contribution in [3.8, 4) is 5.75 Å². The van der Waals surface area contributed by atoms with Gasteiger partial charge in [-0.1, -0.05) is 0 Å². The Hall–Kier alpha value is -1.87. The summed E-state index contributed by atoms with van der Waals surface area (Å²) in [6, 6.07) is 10.3. The number of phenolic OH excluding ortho intramolecular Hbond substituents is 1. The van der Waals surface area contributed by atoms with Crippen LogP contribution in [0.2, 0.25) is 0 Å².